The summed E-state index contributed by atoms with van der Waals surface area (Å²) < 4.78 is 7.66. The van der Waals surface area contributed by atoms with Crippen molar-refractivity contribution in [2.45, 2.75) is 65.6 Å². The van der Waals surface area contributed by atoms with Crippen LogP contribution in [0, 0.1) is 13.8 Å². The summed E-state index contributed by atoms with van der Waals surface area (Å²) in [7, 11) is 0. The Morgan fingerprint density at radius 1 is 1.26 bits per heavy atom. The molecule has 1 aliphatic heterocycles. The smallest absolute Gasteiger partial charge is 0.0641 e. The summed E-state index contributed by atoms with van der Waals surface area (Å²) in [6, 6.07) is 0.510. The van der Waals surface area contributed by atoms with Crippen LogP contribution in [-0.4, -0.2) is 28.5 Å². The third-order valence-corrected chi connectivity index (χ3v) is 3.81. The zero-order valence-corrected chi connectivity index (χ0v) is 12.9. The molecule has 1 N–H and O–H groups in total. The Kier molecular flexibility index (Phi) is 4.31. The van der Waals surface area contributed by atoms with Gasteiger partial charge in [0.05, 0.1) is 11.7 Å². The van der Waals surface area contributed by atoms with Crippen molar-refractivity contribution in [3.8, 4) is 0 Å². The summed E-state index contributed by atoms with van der Waals surface area (Å²) >= 11 is 0. The molecule has 4 nitrogen and oxygen atoms in total. The summed E-state index contributed by atoms with van der Waals surface area (Å²) in [5, 5.41) is 8.31. The van der Waals surface area contributed by atoms with E-state index in [1.165, 1.54) is 11.3 Å². The predicted molar refractivity (Wildman–Crippen MR) is 77.4 cm³/mol. The number of aromatic nitrogens is 2. The van der Waals surface area contributed by atoms with E-state index >= 15 is 0 Å². The molecule has 0 unspecified atom stereocenters. The first-order valence-electron chi connectivity index (χ1n) is 7.26. The Morgan fingerprint density at radius 2 is 1.89 bits per heavy atom. The molecule has 2 rings (SSSR count). The average molecular weight is 265 g/mol. The highest BCUT2D eigenvalue weighted by atomic mass is 16.5. The lowest BCUT2D eigenvalue weighted by Gasteiger charge is -2.24. The van der Waals surface area contributed by atoms with Crippen LogP contribution < -0.4 is 5.32 Å². The standard InChI is InChI=1S/C15H27N3O/c1-11-14(10-16-15(3,4)5)12(2)18(17-11)13-6-8-19-9-7-13/h13,16H,6-10H2,1-5H3. The monoisotopic (exact) mass is 265 g/mol. The van der Waals surface area contributed by atoms with E-state index in [0.29, 0.717) is 6.04 Å². The quantitative estimate of drug-likeness (QED) is 0.913. The molecule has 0 aromatic carbocycles. The molecule has 1 aromatic rings. The number of aryl methyl sites for hydroxylation is 1. The number of nitrogens with one attached hydrogen (secondary N) is 1. The molecule has 108 valence electrons. The Hall–Kier alpha value is -0.870. The molecule has 0 saturated carbocycles. The highest BCUT2D eigenvalue weighted by Gasteiger charge is 2.21. The predicted octanol–water partition coefficient (Wildman–Crippen LogP) is 2.74. The molecule has 0 spiro atoms. The van der Waals surface area contributed by atoms with Gasteiger partial charge >= 0.3 is 0 Å². The lowest BCUT2D eigenvalue weighted by atomic mass is 10.1. The Bertz CT molecular complexity index is 425. The molecule has 2 heterocycles. The number of hydrogen-bond acceptors (Lipinski definition) is 3. The molecule has 0 bridgehead atoms. The zero-order chi connectivity index (χ0) is 14.0. The molecular formula is C15H27N3O. The highest BCUT2D eigenvalue weighted by molar-refractivity contribution is 5.25. The fourth-order valence-corrected chi connectivity index (χ4v) is 2.59. The normalized spacial score (nSPS) is 17.9. The summed E-state index contributed by atoms with van der Waals surface area (Å²) in [6.45, 7) is 13.5. The number of rotatable bonds is 3. The van der Waals surface area contributed by atoms with Crippen LogP contribution in [0.2, 0.25) is 0 Å². The van der Waals surface area contributed by atoms with E-state index in [1.807, 2.05) is 0 Å². The second-order valence-corrected chi connectivity index (χ2v) is 6.54. The molecule has 1 aromatic heterocycles. The SMILES string of the molecule is Cc1nn(C2CCOCC2)c(C)c1CNC(C)(C)C. The van der Waals surface area contributed by atoms with E-state index in [1.54, 1.807) is 0 Å². The van der Waals surface area contributed by atoms with Gasteiger partial charge in [-0.25, -0.2) is 0 Å². The first-order valence-corrected chi connectivity index (χ1v) is 7.26. The Balaban J connectivity index is 2.14. The molecule has 1 aliphatic rings. The second-order valence-electron chi connectivity index (χ2n) is 6.54. The Labute approximate surface area is 116 Å². The topological polar surface area (TPSA) is 39.1 Å². The fourth-order valence-electron chi connectivity index (χ4n) is 2.59. The van der Waals surface area contributed by atoms with Crippen LogP contribution in [-0.2, 0) is 11.3 Å². The third-order valence-electron chi connectivity index (χ3n) is 3.81. The van der Waals surface area contributed by atoms with Gasteiger partial charge in [0.1, 0.15) is 0 Å². The summed E-state index contributed by atoms with van der Waals surface area (Å²) in [5.74, 6) is 0. The molecule has 19 heavy (non-hydrogen) atoms. The third kappa shape index (κ3) is 3.57. The highest BCUT2D eigenvalue weighted by Crippen LogP contribution is 2.25. The Morgan fingerprint density at radius 3 is 2.47 bits per heavy atom. The van der Waals surface area contributed by atoms with Crippen LogP contribution in [0.4, 0.5) is 0 Å². The average Bonchev–Trinajstić information content (AvgIpc) is 2.63. The van der Waals surface area contributed by atoms with Crippen LogP contribution >= 0.6 is 0 Å². The molecule has 0 radical (unpaired) electrons. The van der Waals surface area contributed by atoms with E-state index in [2.05, 4.69) is 44.6 Å². The largest absolute Gasteiger partial charge is 0.381 e. The van der Waals surface area contributed by atoms with Crippen LogP contribution in [0.15, 0.2) is 0 Å². The maximum Gasteiger partial charge on any atom is 0.0641 e. The molecule has 1 fully saturated rings. The van der Waals surface area contributed by atoms with Crippen molar-refractivity contribution in [2.75, 3.05) is 13.2 Å². The van der Waals surface area contributed by atoms with Gasteiger partial charge in [0.25, 0.3) is 0 Å². The summed E-state index contributed by atoms with van der Waals surface area (Å²) in [5.41, 5.74) is 3.95. The van der Waals surface area contributed by atoms with Crippen molar-refractivity contribution in [3.05, 3.63) is 17.0 Å². The van der Waals surface area contributed by atoms with Crippen molar-refractivity contribution in [3.63, 3.8) is 0 Å². The van der Waals surface area contributed by atoms with Crippen molar-refractivity contribution in [2.24, 2.45) is 0 Å². The van der Waals surface area contributed by atoms with Gasteiger partial charge in [-0.1, -0.05) is 0 Å². The van der Waals surface area contributed by atoms with Crippen molar-refractivity contribution < 1.29 is 4.74 Å². The lowest BCUT2D eigenvalue weighted by molar-refractivity contribution is 0.0656. The lowest BCUT2D eigenvalue weighted by Crippen LogP contribution is -2.35. The van der Waals surface area contributed by atoms with E-state index in [0.717, 1.165) is 38.3 Å². The van der Waals surface area contributed by atoms with Gasteiger partial charge in [0, 0.05) is 36.6 Å². The van der Waals surface area contributed by atoms with Crippen molar-refractivity contribution in [1.82, 2.24) is 15.1 Å². The summed E-state index contributed by atoms with van der Waals surface area (Å²) in [6.07, 6.45) is 2.15. The minimum atomic E-state index is 0.139. The van der Waals surface area contributed by atoms with Gasteiger partial charge in [0.15, 0.2) is 0 Å². The van der Waals surface area contributed by atoms with Gasteiger partial charge in [0.2, 0.25) is 0 Å². The molecule has 1 saturated heterocycles. The molecule has 0 atom stereocenters. The first-order chi connectivity index (χ1) is 8.88. The van der Waals surface area contributed by atoms with E-state index < -0.39 is 0 Å². The fraction of sp³-hybridized carbons (Fsp3) is 0.800. The maximum atomic E-state index is 5.44. The van der Waals surface area contributed by atoms with Gasteiger partial charge in [-0.05, 0) is 47.5 Å². The van der Waals surface area contributed by atoms with E-state index in [4.69, 9.17) is 9.84 Å². The van der Waals surface area contributed by atoms with Gasteiger partial charge in [-0.15, -0.1) is 0 Å². The number of ether oxygens (including phenoxy) is 1. The maximum absolute atomic E-state index is 5.44. The number of hydrogen-bond donors (Lipinski definition) is 1. The van der Waals surface area contributed by atoms with Crippen LogP contribution in [0.1, 0.15) is 56.6 Å². The van der Waals surface area contributed by atoms with E-state index in [-0.39, 0.29) is 5.54 Å². The minimum absolute atomic E-state index is 0.139. The zero-order valence-electron chi connectivity index (χ0n) is 12.9. The van der Waals surface area contributed by atoms with Gasteiger partial charge in [-0.3, -0.25) is 4.68 Å². The molecule has 0 aliphatic carbocycles. The van der Waals surface area contributed by atoms with Crippen molar-refractivity contribution >= 4 is 0 Å². The number of nitrogens with zero attached hydrogens (tertiary/aromatic N) is 2. The van der Waals surface area contributed by atoms with E-state index in [9.17, 15) is 0 Å². The van der Waals surface area contributed by atoms with Crippen molar-refractivity contribution in [1.29, 1.82) is 0 Å². The van der Waals surface area contributed by atoms with Gasteiger partial charge in [-0.2, -0.15) is 5.10 Å². The second kappa shape index (κ2) is 5.63. The van der Waals surface area contributed by atoms with Crippen LogP contribution in [0.25, 0.3) is 0 Å². The molecular weight excluding hydrogens is 238 g/mol. The van der Waals surface area contributed by atoms with Crippen LogP contribution in [0.5, 0.6) is 0 Å². The molecule has 4 heteroatoms. The first kappa shape index (κ1) is 14.5. The summed E-state index contributed by atoms with van der Waals surface area (Å²) in [4.78, 5) is 0. The minimum Gasteiger partial charge on any atom is -0.381 e. The van der Waals surface area contributed by atoms with Gasteiger partial charge < -0.3 is 10.1 Å². The van der Waals surface area contributed by atoms with Crippen LogP contribution in [0.3, 0.4) is 0 Å². The molecule has 0 amide bonds.